The Labute approximate surface area is 205 Å². The maximum atomic E-state index is 12.6. The Morgan fingerprint density at radius 2 is 1.54 bits per heavy atom. The fourth-order valence-electron chi connectivity index (χ4n) is 3.04. The van der Waals surface area contributed by atoms with Crippen LogP contribution in [0.25, 0.3) is 11.5 Å². The van der Waals surface area contributed by atoms with Crippen LogP contribution in [0.1, 0.15) is 10.4 Å². The summed E-state index contributed by atoms with van der Waals surface area (Å²) in [6.45, 7) is 0. The molecule has 0 aliphatic heterocycles. The molecule has 0 radical (unpaired) electrons. The van der Waals surface area contributed by atoms with Gasteiger partial charge in [0.2, 0.25) is 0 Å². The minimum atomic E-state index is -3.83. The van der Waals surface area contributed by atoms with Gasteiger partial charge in [-0.3, -0.25) is 14.8 Å². The number of anilines is 2. The van der Waals surface area contributed by atoms with E-state index in [1.807, 2.05) is 0 Å². The predicted octanol–water partition coefficient (Wildman–Crippen LogP) is 3.85. The Morgan fingerprint density at radius 3 is 2.20 bits per heavy atom. The maximum Gasteiger partial charge on any atom is 0.322 e. The molecular formula is C22H17ClN4O6S2. The van der Waals surface area contributed by atoms with Gasteiger partial charge in [0.25, 0.3) is 21.8 Å². The van der Waals surface area contributed by atoms with E-state index in [0.717, 1.165) is 6.26 Å². The first kappa shape index (κ1) is 24.4. The molecule has 10 nitrogen and oxygen atoms in total. The van der Waals surface area contributed by atoms with Crippen molar-refractivity contribution in [1.29, 1.82) is 0 Å². The third kappa shape index (κ3) is 5.67. The average Bonchev–Trinajstić information content (AvgIpc) is 3.27. The molecule has 0 aliphatic carbocycles. The van der Waals surface area contributed by atoms with E-state index in [-0.39, 0.29) is 38.5 Å². The van der Waals surface area contributed by atoms with Crippen molar-refractivity contribution in [2.45, 2.75) is 9.79 Å². The summed E-state index contributed by atoms with van der Waals surface area (Å²) >= 11 is 5.79. The van der Waals surface area contributed by atoms with Crippen molar-refractivity contribution in [2.75, 3.05) is 16.3 Å². The number of halogens is 1. The standard InChI is InChI=1S/C22H17ClN4O6S2/c1-34(29,30)19-5-3-2-4-18(19)21-25-26-22(33-21)24-20(28)14-6-10-16(11-7-14)27-35(31,32)17-12-8-15(23)9-13-17/h2-13,27H,1H3,(H,24,26,28). The molecule has 0 fully saturated rings. The summed E-state index contributed by atoms with van der Waals surface area (Å²) in [5.74, 6) is -0.669. The Hall–Kier alpha value is -3.74. The molecular weight excluding hydrogens is 516 g/mol. The van der Waals surface area contributed by atoms with Crippen LogP contribution in [0.15, 0.2) is 87.0 Å². The lowest BCUT2D eigenvalue weighted by atomic mass is 10.2. The van der Waals surface area contributed by atoms with Crippen LogP contribution >= 0.6 is 11.6 Å². The molecule has 180 valence electrons. The first-order valence-corrected chi connectivity index (χ1v) is 13.6. The zero-order valence-corrected chi connectivity index (χ0v) is 20.4. The van der Waals surface area contributed by atoms with Crippen molar-refractivity contribution in [3.63, 3.8) is 0 Å². The van der Waals surface area contributed by atoms with E-state index in [9.17, 15) is 21.6 Å². The van der Waals surface area contributed by atoms with Crippen LogP contribution in [0, 0.1) is 0 Å². The molecule has 0 bridgehead atoms. The number of hydrogen-bond donors (Lipinski definition) is 2. The summed E-state index contributed by atoms with van der Waals surface area (Å²) < 4.78 is 56.8. The SMILES string of the molecule is CS(=O)(=O)c1ccccc1-c1nnc(NC(=O)c2ccc(NS(=O)(=O)c3ccc(Cl)cc3)cc2)o1. The number of sulfone groups is 1. The lowest BCUT2D eigenvalue weighted by Crippen LogP contribution is -2.14. The van der Waals surface area contributed by atoms with Crippen molar-refractivity contribution in [2.24, 2.45) is 0 Å². The minimum absolute atomic E-state index is 0.0122. The summed E-state index contributed by atoms with van der Waals surface area (Å²) in [6.07, 6.45) is 1.06. The molecule has 4 aromatic rings. The zero-order valence-electron chi connectivity index (χ0n) is 18.0. The molecule has 4 rings (SSSR count). The fourth-order valence-corrected chi connectivity index (χ4v) is 5.10. The normalized spacial score (nSPS) is 11.7. The number of sulfonamides is 1. The number of rotatable bonds is 7. The number of hydrogen-bond acceptors (Lipinski definition) is 8. The number of nitrogens with one attached hydrogen (secondary N) is 2. The molecule has 2 N–H and O–H groups in total. The second-order valence-corrected chi connectivity index (χ2v) is 11.4. The van der Waals surface area contributed by atoms with Gasteiger partial charge in [-0.25, -0.2) is 16.8 Å². The largest absolute Gasteiger partial charge is 0.403 e. The highest BCUT2D eigenvalue weighted by Crippen LogP contribution is 2.27. The summed E-state index contributed by atoms with van der Waals surface area (Å²) in [5, 5.41) is 10.4. The van der Waals surface area contributed by atoms with Gasteiger partial charge in [-0.05, 0) is 60.7 Å². The molecule has 3 aromatic carbocycles. The molecule has 1 amide bonds. The third-order valence-corrected chi connectivity index (χ3v) is 7.49. The molecule has 0 unspecified atom stereocenters. The van der Waals surface area contributed by atoms with E-state index in [4.69, 9.17) is 16.0 Å². The number of nitrogens with zero attached hydrogens (tertiary/aromatic N) is 2. The van der Waals surface area contributed by atoms with Crippen LogP contribution in [0.3, 0.4) is 0 Å². The molecule has 0 aliphatic rings. The maximum absolute atomic E-state index is 12.6. The molecule has 0 atom stereocenters. The average molecular weight is 533 g/mol. The Kier molecular flexibility index (Phi) is 6.61. The summed E-state index contributed by atoms with van der Waals surface area (Å²) in [6, 6.07) is 17.2. The van der Waals surface area contributed by atoms with Gasteiger partial charge in [0.05, 0.1) is 15.4 Å². The van der Waals surface area contributed by atoms with Gasteiger partial charge < -0.3 is 4.42 Å². The quantitative estimate of drug-likeness (QED) is 0.364. The smallest absolute Gasteiger partial charge is 0.322 e. The summed E-state index contributed by atoms with van der Waals surface area (Å²) in [7, 11) is -7.38. The number of carbonyl (C=O) groups excluding carboxylic acids is 1. The highest BCUT2D eigenvalue weighted by molar-refractivity contribution is 7.92. The van der Waals surface area contributed by atoms with E-state index in [0.29, 0.717) is 5.02 Å². The minimum Gasteiger partial charge on any atom is -0.403 e. The van der Waals surface area contributed by atoms with Crippen molar-refractivity contribution in [1.82, 2.24) is 10.2 Å². The summed E-state index contributed by atoms with van der Waals surface area (Å²) in [5.41, 5.74) is 0.644. The Balaban J connectivity index is 1.47. The first-order valence-electron chi connectivity index (χ1n) is 9.86. The van der Waals surface area contributed by atoms with E-state index in [1.54, 1.807) is 12.1 Å². The van der Waals surface area contributed by atoms with Crippen LogP contribution in [0.2, 0.25) is 5.02 Å². The predicted molar refractivity (Wildman–Crippen MR) is 129 cm³/mol. The zero-order chi connectivity index (χ0) is 25.2. The van der Waals surface area contributed by atoms with Crippen molar-refractivity contribution >= 4 is 49.1 Å². The molecule has 1 heterocycles. The van der Waals surface area contributed by atoms with E-state index >= 15 is 0 Å². The topological polar surface area (TPSA) is 148 Å². The van der Waals surface area contributed by atoms with Gasteiger partial charge in [-0.15, -0.1) is 5.10 Å². The lowest BCUT2D eigenvalue weighted by molar-refractivity contribution is 0.102. The molecule has 0 saturated heterocycles. The number of aromatic nitrogens is 2. The molecule has 13 heteroatoms. The monoisotopic (exact) mass is 532 g/mol. The van der Waals surface area contributed by atoms with Crippen molar-refractivity contribution < 1.29 is 26.0 Å². The molecule has 0 saturated carbocycles. The third-order valence-electron chi connectivity index (χ3n) is 4.69. The van der Waals surface area contributed by atoms with E-state index in [1.165, 1.54) is 60.7 Å². The van der Waals surface area contributed by atoms with Crippen molar-refractivity contribution in [3.05, 3.63) is 83.4 Å². The van der Waals surface area contributed by atoms with Crippen molar-refractivity contribution in [3.8, 4) is 11.5 Å². The van der Waals surface area contributed by atoms with E-state index < -0.39 is 25.8 Å². The molecule has 35 heavy (non-hydrogen) atoms. The first-order chi connectivity index (χ1) is 16.5. The Bertz CT molecular complexity index is 1600. The highest BCUT2D eigenvalue weighted by Gasteiger charge is 2.20. The molecule has 0 spiro atoms. The number of benzene rings is 3. The Morgan fingerprint density at radius 1 is 0.886 bits per heavy atom. The molecule has 1 aromatic heterocycles. The number of amides is 1. The van der Waals surface area contributed by atoms with E-state index in [2.05, 4.69) is 20.2 Å². The summed E-state index contributed by atoms with van der Waals surface area (Å²) in [4.78, 5) is 12.6. The van der Waals surface area contributed by atoms with Gasteiger partial charge in [0, 0.05) is 22.5 Å². The highest BCUT2D eigenvalue weighted by atomic mass is 35.5. The number of carbonyl (C=O) groups is 1. The van der Waals surface area contributed by atoms with Crippen LogP contribution in [-0.4, -0.2) is 39.2 Å². The lowest BCUT2D eigenvalue weighted by Gasteiger charge is -2.09. The second-order valence-electron chi connectivity index (χ2n) is 7.27. The van der Waals surface area contributed by atoms with Crippen LogP contribution in [-0.2, 0) is 19.9 Å². The van der Waals surface area contributed by atoms with Gasteiger partial charge in [-0.1, -0.05) is 28.8 Å². The second kappa shape index (κ2) is 9.49. The van der Waals surface area contributed by atoms with Crippen LogP contribution < -0.4 is 10.0 Å². The van der Waals surface area contributed by atoms with Crippen LogP contribution in [0.5, 0.6) is 0 Å². The van der Waals surface area contributed by atoms with Gasteiger partial charge in [0.15, 0.2) is 9.84 Å². The van der Waals surface area contributed by atoms with Gasteiger partial charge in [0.1, 0.15) is 0 Å². The fraction of sp³-hybridized carbons (Fsp3) is 0.0455. The van der Waals surface area contributed by atoms with Crippen LogP contribution in [0.4, 0.5) is 11.7 Å². The van der Waals surface area contributed by atoms with Gasteiger partial charge in [-0.2, -0.15) is 0 Å². The van der Waals surface area contributed by atoms with Gasteiger partial charge >= 0.3 is 6.01 Å².